The number of nitrogens with one attached hydrogen (secondary N) is 1. The van der Waals surface area contributed by atoms with Gasteiger partial charge in [-0.25, -0.2) is 4.52 Å². The molecular weight excluding hydrogens is 204 g/mol. The van der Waals surface area contributed by atoms with Crippen LogP contribution in [-0.4, -0.2) is 20.2 Å². The van der Waals surface area contributed by atoms with E-state index in [-0.39, 0.29) is 5.56 Å². The second-order valence-electron chi connectivity index (χ2n) is 4.15. The first-order valence-corrected chi connectivity index (χ1v) is 5.36. The lowest BCUT2D eigenvalue weighted by Gasteiger charge is -2.11. The molecule has 2 aromatic rings. The predicted molar refractivity (Wildman–Crippen MR) is 62.4 cm³/mol. The Bertz CT molecular complexity index is 553. The van der Waals surface area contributed by atoms with Gasteiger partial charge in [0.25, 0.3) is 5.56 Å². The highest BCUT2D eigenvalue weighted by molar-refractivity contribution is 5.43. The van der Waals surface area contributed by atoms with Gasteiger partial charge in [0.1, 0.15) is 11.3 Å². The Hall–Kier alpha value is -1.62. The van der Waals surface area contributed by atoms with E-state index in [0.29, 0.717) is 18.1 Å². The first-order chi connectivity index (χ1) is 7.59. The fourth-order valence-electron chi connectivity index (χ4n) is 1.56. The summed E-state index contributed by atoms with van der Waals surface area (Å²) in [5.74, 6) is 0.738. The molecule has 0 saturated carbocycles. The Morgan fingerprint density at radius 3 is 2.94 bits per heavy atom. The molecule has 0 unspecified atom stereocenters. The summed E-state index contributed by atoms with van der Waals surface area (Å²) in [7, 11) is 1.75. The molecule has 2 aromatic heterocycles. The van der Waals surface area contributed by atoms with E-state index >= 15 is 0 Å². The quantitative estimate of drug-likeness (QED) is 0.821. The average Bonchev–Trinajstić information content (AvgIpc) is 2.69. The maximum atomic E-state index is 11.9. The van der Waals surface area contributed by atoms with Crippen LogP contribution in [0.3, 0.4) is 0 Å². The molecule has 5 heteroatoms. The van der Waals surface area contributed by atoms with Crippen LogP contribution in [0.1, 0.15) is 19.7 Å². The van der Waals surface area contributed by atoms with Gasteiger partial charge in [0, 0.05) is 19.3 Å². The fourth-order valence-corrected chi connectivity index (χ4v) is 1.56. The molecule has 0 aromatic carbocycles. The SMILES string of the molecule is CC(C)NCc1nn2cccc2c(=O)n1C. The van der Waals surface area contributed by atoms with Gasteiger partial charge in [-0.1, -0.05) is 13.8 Å². The summed E-state index contributed by atoms with van der Waals surface area (Å²) in [6.45, 7) is 4.72. The van der Waals surface area contributed by atoms with Crippen LogP contribution in [0, 0.1) is 0 Å². The van der Waals surface area contributed by atoms with Gasteiger partial charge in [-0.15, -0.1) is 0 Å². The summed E-state index contributed by atoms with van der Waals surface area (Å²) in [6, 6.07) is 3.97. The van der Waals surface area contributed by atoms with Gasteiger partial charge in [0.15, 0.2) is 0 Å². The summed E-state index contributed by atoms with van der Waals surface area (Å²) in [5.41, 5.74) is 0.594. The average molecular weight is 220 g/mol. The third-order valence-corrected chi connectivity index (χ3v) is 2.53. The summed E-state index contributed by atoms with van der Waals surface area (Å²) in [6.07, 6.45) is 1.79. The molecule has 2 heterocycles. The van der Waals surface area contributed by atoms with E-state index in [2.05, 4.69) is 24.3 Å². The maximum Gasteiger partial charge on any atom is 0.277 e. The first-order valence-electron chi connectivity index (χ1n) is 5.36. The molecule has 0 aliphatic rings. The second kappa shape index (κ2) is 4.09. The Morgan fingerprint density at radius 1 is 1.50 bits per heavy atom. The highest BCUT2D eigenvalue weighted by atomic mass is 16.1. The zero-order valence-corrected chi connectivity index (χ0v) is 9.77. The van der Waals surface area contributed by atoms with E-state index < -0.39 is 0 Å². The number of aromatic nitrogens is 3. The van der Waals surface area contributed by atoms with Gasteiger partial charge in [-0.3, -0.25) is 9.36 Å². The highest BCUT2D eigenvalue weighted by Gasteiger charge is 2.07. The molecule has 86 valence electrons. The third kappa shape index (κ3) is 1.86. The van der Waals surface area contributed by atoms with E-state index in [9.17, 15) is 4.79 Å². The minimum absolute atomic E-state index is 0.0134. The van der Waals surface area contributed by atoms with Gasteiger partial charge in [0.05, 0.1) is 6.54 Å². The zero-order chi connectivity index (χ0) is 11.7. The Labute approximate surface area is 93.7 Å². The lowest BCUT2D eigenvalue weighted by atomic mass is 10.4. The van der Waals surface area contributed by atoms with Gasteiger partial charge < -0.3 is 5.32 Å². The van der Waals surface area contributed by atoms with E-state index in [1.54, 1.807) is 28.4 Å². The Morgan fingerprint density at radius 2 is 2.25 bits per heavy atom. The standard InChI is InChI=1S/C11H16N4O/c1-8(2)12-7-10-13-15-6-4-5-9(15)11(16)14(10)3/h4-6,8,12H,7H2,1-3H3. The lowest BCUT2D eigenvalue weighted by Crippen LogP contribution is -2.30. The van der Waals surface area contributed by atoms with E-state index in [0.717, 1.165) is 5.82 Å². The van der Waals surface area contributed by atoms with Crippen molar-refractivity contribution in [2.24, 2.45) is 7.05 Å². The summed E-state index contributed by atoms with van der Waals surface area (Å²) in [4.78, 5) is 11.9. The van der Waals surface area contributed by atoms with Crippen molar-refractivity contribution >= 4 is 5.52 Å². The van der Waals surface area contributed by atoms with Crippen molar-refractivity contribution < 1.29 is 0 Å². The van der Waals surface area contributed by atoms with E-state index in [1.807, 2.05) is 6.07 Å². The smallest absolute Gasteiger partial charge is 0.277 e. The molecule has 5 nitrogen and oxygen atoms in total. The number of hydrogen-bond donors (Lipinski definition) is 1. The van der Waals surface area contributed by atoms with Crippen molar-refractivity contribution in [2.45, 2.75) is 26.4 Å². The third-order valence-electron chi connectivity index (χ3n) is 2.53. The van der Waals surface area contributed by atoms with Crippen molar-refractivity contribution in [1.29, 1.82) is 0 Å². The van der Waals surface area contributed by atoms with Crippen LogP contribution in [0.4, 0.5) is 0 Å². The van der Waals surface area contributed by atoms with Crippen molar-refractivity contribution in [3.05, 3.63) is 34.5 Å². The normalized spacial score (nSPS) is 11.5. The van der Waals surface area contributed by atoms with Crippen LogP contribution in [-0.2, 0) is 13.6 Å². The minimum atomic E-state index is -0.0134. The summed E-state index contributed by atoms with van der Waals surface area (Å²) >= 11 is 0. The largest absolute Gasteiger partial charge is 0.308 e. The summed E-state index contributed by atoms with van der Waals surface area (Å²) in [5, 5.41) is 7.64. The number of nitrogens with zero attached hydrogens (tertiary/aromatic N) is 3. The van der Waals surface area contributed by atoms with Crippen molar-refractivity contribution in [1.82, 2.24) is 19.5 Å². The predicted octanol–water partition coefficient (Wildman–Crippen LogP) is 0.531. The maximum absolute atomic E-state index is 11.9. The van der Waals surface area contributed by atoms with Crippen LogP contribution in [0.2, 0.25) is 0 Å². The lowest BCUT2D eigenvalue weighted by molar-refractivity contribution is 0.540. The number of hydrogen-bond acceptors (Lipinski definition) is 3. The summed E-state index contributed by atoms with van der Waals surface area (Å²) < 4.78 is 3.21. The fraction of sp³-hybridized carbons (Fsp3) is 0.455. The Kier molecular flexibility index (Phi) is 2.78. The molecule has 2 rings (SSSR count). The molecule has 16 heavy (non-hydrogen) atoms. The molecule has 0 aliphatic heterocycles. The van der Waals surface area contributed by atoms with Crippen LogP contribution in [0.5, 0.6) is 0 Å². The second-order valence-corrected chi connectivity index (χ2v) is 4.15. The van der Waals surface area contributed by atoms with Crippen LogP contribution in [0.25, 0.3) is 5.52 Å². The molecule has 0 aliphatic carbocycles. The van der Waals surface area contributed by atoms with Crippen LogP contribution >= 0.6 is 0 Å². The molecule has 0 fully saturated rings. The van der Waals surface area contributed by atoms with Gasteiger partial charge in [0.2, 0.25) is 0 Å². The molecule has 0 saturated heterocycles. The van der Waals surface area contributed by atoms with Crippen molar-refractivity contribution in [3.8, 4) is 0 Å². The highest BCUT2D eigenvalue weighted by Crippen LogP contribution is 1.98. The van der Waals surface area contributed by atoms with Crippen LogP contribution in [0.15, 0.2) is 23.1 Å². The first kappa shape index (κ1) is 10.9. The molecule has 0 atom stereocenters. The van der Waals surface area contributed by atoms with Crippen LogP contribution < -0.4 is 10.9 Å². The minimum Gasteiger partial charge on any atom is -0.308 e. The monoisotopic (exact) mass is 220 g/mol. The number of fused-ring (bicyclic) bond motifs is 1. The van der Waals surface area contributed by atoms with Gasteiger partial charge in [-0.05, 0) is 12.1 Å². The molecule has 0 bridgehead atoms. The Balaban J connectivity index is 2.45. The topological polar surface area (TPSA) is 51.3 Å². The van der Waals surface area contributed by atoms with E-state index in [4.69, 9.17) is 0 Å². The molecular formula is C11H16N4O. The molecule has 0 radical (unpaired) electrons. The molecule has 1 N–H and O–H groups in total. The molecule has 0 spiro atoms. The van der Waals surface area contributed by atoms with Gasteiger partial charge in [-0.2, -0.15) is 5.10 Å². The van der Waals surface area contributed by atoms with Crippen molar-refractivity contribution in [2.75, 3.05) is 0 Å². The zero-order valence-electron chi connectivity index (χ0n) is 9.77. The molecule has 0 amide bonds. The van der Waals surface area contributed by atoms with Gasteiger partial charge >= 0.3 is 0 Å². The van der Waals surface area contributed by atoms with Crippen molar-refractivity contribution in [3.63, 3.8) is 0 Å². The number of rotatable bonds is 3. The van der Waals surface area contributed by atoms with E-state index in [1.165, 1.54) is 0 Å².